The second-order valence-electron chi connectivity index (χ2n) is 3.89. The lowest BCUT2D eigenvalue weighted by molar-refractivity contribution is -0.390. The third kappa shape index (κ3) is 4.90. The van der Waals surface area contributed by atoms with Crippen molar-refractivity contribution < 1.29 is 19.2 Å². The number of aromatic nitrogens is 1. The number of hydrogen-bond acceptors (Lipinski definition) is 6. The van der Waals surface area contributed by atoms with Crippen LogP contribution in [-0.4, -0.2) is 29.1 Å². The van der Waals surface area contributed by atoms with Crippen molar-refractivity contribution in [3.63, 3.8) is 0 Å². The third-order valence-electron chi connectivity index (χ3n) is 2.26. The Morgan fingerprint density at radius 2 is 2.21 bits per heavy atom. The van der Waals surface area contributed by atoms with Crippen LogP contribution in [-0.2, 0) is 9.53 Å². The van der Waals surface area contributed by atoms with Crippen LogP contribution >= 0.6 is 0 Å². The van der Waals surface area contributed by atoms with Gasteiger partial charge in [-0.15, -0.1) is 0 Å². The van der Waals surface area contributed by atoms with E-state index in [9.17, 15) is 14.9 Å². The van der Waals surface area contributed by atoms with Gasteiger partial charge in [0.05, 0.1) is 6.61 Å². The first-order chi connectivity index (χ1) is 9.04. The van der Waals surface area contributed by atoms with Gasteiger partial charge in [-0.3, -0.25) is 0 Å². The lowest BCUT2D eigenvalue weighted by Crippen LogP contribution is -2.16. The Kier molecular flexibility index (Phi) is 5.72. The van der Waals surface area contributed by atoms with Crippen LogP contribution in [0.1, 0.15) is 25.5 Å². The quantitative estimate of drug-likeness (QED) is 0.325. The number of esters is 1. The Morgan fingerprint density at radius 3 is 2.84 bits per heavy atom. The van der Waals surface area contributed by atoms with E-state index in [0.29, 0.717) is 12.3 Å². The predicted molar refractivity (Wildman–Crippen MR) is 67.0 cm³/mol. The highest BCUT2D eigenvalue weighted by atomic mass is 16.6. The van der Waals surface area contributed by atoms with Crippen molar-refractivity contribution in [2.75, 3.05) is 13.2 Å². The molecule has 0 saturated carbocycles. The molecule has 7 heteroatoms. The second-order valence-corrected chi connectivity index (χ2v) is 3.89. The highest BCUT2D eigenvalue weighted by Crippen LogP contribution is 2.24. The average molecular weight is 268 g/mol. The van der Waals surface area contributed by atoms with Crippen molar-refractivity contribution in [3.8, 4) is 5.75 Å². The molecular formula is C12H16N2O5. The lowest BCUT2D eigenvalue weighted by Gasteiger charge is -2.06. The number of rotatable bonds is 7. The van der Waals surface area contributed by atoms with Crippen molar-refractivity contribution in [3.05, 3.63) is 27.9 Å². The van der Waals surface area contributed by atoms with Gasteiger partial charge in [0, 0.05) is 6.92 Å². The monoisotopic (exact) mass is 268 g/mol. The van der Waals surface area contributed by atoms with E-state index in [4.69, 9.17) is 9.47 Å². The van der Waals surface area contributed by atoms with Crippen LogP contribution in [0.5, 0.6) is 5.75 Å². The number of nitrogens with zero attached hydrogens (tertiary/aromatic N) is 2. The molecule has 0 aliphatic rings. The predicted octanol–water partition coefficient (Wildman–Crippen LogP) is 2.02. The van der Waals surface area contributed by atoms with Gasteiger partial charge in [-0.1, -0.05) is 13.3 Å². The van der Waals surface area contributed by atoms with Crippen LogP contribution < -0.4 is 4.74 Å². The van der Waals surface area contributed by atoms with E-state index >= 15 is 0 Å². The van der Waals surface area contributed by atoms with Crippen LogP contribution in [0, 0.1) is 17.0 Å². The summed E-state index contributed by atoms with van der Waals surface area (Å²) in [5, 5.41) is 10.8. The molecule has 0 aliphatic heterocycles. The molecule has 0 unspecified atom stereocenters. The van der Waals surface area contributed by atoms with E-state index in [2.05, 4.69) is 4.98 Å². The number of unbranched alkanes of at least 4 members (excludes halogenated alkanes) is 1. The minimum atomic E-state index is -0.648. The molecule has 0 aromatic carbocycles. The largest absolute Gasteiger partial charge is 0.474 e. The lowest BCUT2D eigenvalue weighted by atomic mass is 10.3. The van der Waals surface area contributed by atoms with Crippen LogP contribution in [0.3, 0.4) is 0 Å². The Balaban J connectivity index is 2.57. The highest BCUT2D eigenvalue weighted by molar-refractivity contribution is 5.71. The minimum absolute atomic E-state index is 0.0389. The van der Waals surface area contributed by atoms with Crippen molar-refractivity contribution in [2.45, 2.75) is 26.7 Å². The number of carbonyl (C=O) groups excluding carboxylic acids is 1. The van der Waals surface area contributed by atoms with Gasteiger partial charge in [-0.05, 0) is 28.5 Å². The molecule has 19 heavy (non-hydrogen) atoms. The molecule has 0 saturated heterocycles. The zero-order valence-corrected chi connectivity index (χ0v) is 10.9. The molecule has 0 aliphatic carbocycles. The summed E-state index contributed by atoms with van der Waals surface area (Å²) in [5.41, 5.74) is 0.504. The first kappa shape index (κ1) is 14.9. The van der Waals surface area contributed by atoms with Gasteiger partial charge >= 0.3 is 11.8 Å². The highest BCUT2D eigenvalue weighted by Gasteiger charge is 2.18. The van der Waals surface area contributed by atoms with Gasteiger partial charge in [0.1, 0.15) is 5.69 Å². The Hall–Kier alpha value is -2.18. The molecule has 0 fully saturated rings. The van der Waals surface area contributed by atoms with E-state index in [1.54, 1.807) is 13.0 Å². The molecule has 1 heterocycles. The second kappa shape index (κ2) is 7.30. The molecule has 0 bridgehead atoms. The zero-order valence-electron chi connectivity index (χ0n) is 10.9. The van der Waals surface area contributed by atoms with E-state index in [1.807, 2.05) is 6.92 Å². The molecular weight excluding hydrogens is 252 g/mol. The fourth-order valence-corrected chi connectivity index (χ4v) is 1.28. The Morgan fingerprint density at radius 1 is 1.47 bits per heavy atom. The summed E-state index contributed by atoms with van der Waals surface area (Å²) in [7, 11) is 0. The number of nitro groups is 1. The standard InChI is InChI=1S/C12H16N2O5/c1-3-4-7-18-11(15)8-19-10-6-5-9(2)13-12(10)14(16)17/h5-6H,3-4,7-8H2,1-2H3. The van der Waals surface area contributed by atoms with Gasteiger partial charge in [0.25, 0.3) is 0 Å². The molecule has 0 radical (unpaired) electrons. The molecule has 0 atom stereocenters. The molecule has 7 nitrogen and oxygen atoms in total. The summed E-state index contributed by atoms with van der Waals surface area (Å²) in [5.74, 6) is -0.993. The Labute approximate surface area is 110 Å². The average Bonchev–Trinajstić information content (AvgIpc) is 2.37. The SMILES string of the molecule is CCCCOC(=O)COc1ccc(C)nc1[N+](=O)[O-]. The van der Waals surface area contributed by atoms with E-state index in [0.717, 1.165) is 12.8 Å². The maximum Gasteiger partial charge on any atom is 0.406 e. The smallest absolute Gasteiger partial charge is 0.406 e. The molecule has 0 amide bonds. The van der Waals surface area contributed by atoms with Crippen LogP contribution in [0.2, 0.25) is 0 Å². The third-order valence-corrected chi connectivity index (χ3v) is 2.26. The molecule has 104 valence electrons. The number of hydrogen-bond donors (Lipinski definition) is 0. The topological polar surface area (TPSA) is 91.6 Å². The molecule has 1 aromatic rings. The molecule has 1 rings (SSSR count). The number of carbonyl (C=O) groups is 1. The van der Waals surface area contributed by atoms with Gasteiger partial charge < -0.3 is 19.6 Å². The van der Waals surface area contributed by atoms with Crippen LogP contribution in [0.4, 0.5) is 5.82 Å². The number of ether oxygens (including phenoxy) is 2. The first-order valence-corrected chi connectivity index (χ1v) is 5.95. The van der Waals surface area contributed by atoms with E-state index in [-0.39, 0.29) is 12.4 Å². The zero-order chi connectivity index (χ0) is 14.3. The summed E-state index contributed by atoms with van der Waals surface area (Å²) < 4.78 is 9.94. The van der Waals surface area contributed by atoms with Gasteiger partial charge in [-0.25, -0.2) is 4.79 Å². The van der Waals surface area contributed by atoms with Crippen molar-refractivity contribution in [1.29, 1.82) is 0 Å². The summed E-state index contributed by atoms with van der Waals surface area (Å²) in [6.45, 7) is 3.57. The minimum Gasteiger partial charge on any atom is -0.474 e. The summed E-state index contributed by atoms with van der Waals surface area (Å²) in [6, 6.07) is 2.99. The maximum absolute atomic E-state index is 11.3. The Bertz CT molecular complexity index is 461. The van der Waals surface area contributed by atoms with E-state index in [1.165, 1.54) is 6.07 Å². The number of aryl methyl sites for hydroxylation is 1. The fourth-order valence-electron chi connectivity index (χ4n) is 1.28. The van der Waals surface area contributed by atoms with Crippen molar-refractivity contribution in [1.82, 2.24) is 4.98 Å². The molecule has 1 aromatic heterocycles. The summed E-state index contributed by atoms with van der Waals surface area (Å²) in [6.07, 6.45) is 1.69. The van der Waals surface area contributed by atoms with Gasteiger partial charge in [0.15, 0.2) is 6.61 Å². The first-order valence-electron chi connectivity index (χ1n) is 5.95. The molecule has 0 N–H and O–H groups in total. The maximum atomic E-state index is 11.3. The van der Waals surface area contributed by atoms with Crippen LogP contribution in [0.25, 0.3) is 0 Å². The normalized spacial score (nSPS) is 10.0. The summed E-state index contributed by atoms with van der Waals surface area (Å²) >= 11 is 0. The van der Waals surface area contributed by atoms with Gasteiger partial charge in [0.2, 0.25) is 5.75 Å². The summed E-state index contributed by atoms with van der Waals surface area (Å²) in [4.78, 5) is 25.2. The number of pyridine rings is 1. The van der Waals surface area contributed by atoms with Crippen molar-refractivity contribution >= 4 is 11.8 Å². The van der Waals surface area contributed by atoms with Gasteiger partial charge in [-0.2, -0.15) is 0 Å². The molecule has 0 spiro atoms. The fraction of sp³-hybridized carbons (Fsp3) is 0.500. The van der Waals surface area contributed by atoms with Crippen LogP contribution in [0.15, 0.2) is 12.1 Å². The van der Waals surface area contributed by atoms with E-state index < -0.39 is 16.7 Å². The van der Waals surface area contributed by atoms with Crippen molar-refractivity contribution in [2.24, 2.45) is 0 Å².